The van der Waals surface area contributed by atoms with E-state index in [0.29, 0.717) is 12.4 Å². The minimum atomic E-state index is 0.171. The van der Waals surface area contributed by atoms with Crippen molar-refractivity contribution in [2.75, 3.05) is 11.9 Å². The van der Waals surface area contributed by atoms with Gasteiger partial charge in [0.25, 0.3) is 0 Å². The van der Waals surface area contributed by atoms with E-state index in [4.69, 9.17) is 5.11 Å². The van der Waals surface area contributed by atoms with Gasteiger partial charge in [0.05, 0.1) is 4.47 Å². The first-order valence-electron chi connectivity index (χ1n) is 4.07. The fourth-order valence-corrected chi connectivity index (χ4v) is 1.08. The maximum absolute atomic E-state index is 8.67. The number of rotatable bonds is 4. The van der Waals surface area contributed by atoms with Gasteiger partial charge < -0.3 is 10.4 Å². The summed E-state index contributed by atoms with van der Waals surface area (Å²) < 4.78 is 0.855. The topological polar surface area (TPSA) is 58.0 Å². The van der Waals surface area contributed by atoms with Crippen molar-refractivity contribution in [1.29, 1.82) is 0 Å². The van der Waals surface area contributed by atoms with Crippen molar-refractivity contribution < 1.29 is 5.11 Å². The Morgan fingerprint density at radius 2 is 2.15 bits per heavy atom. The van der Waals surface area contributed by atoms with Crippen molar-refractivity contribution in [2.24, 2.45) is 0 Å². The fraction of sp³-hybridized carbons (Fsp3) is 0.500. The molecule has 0 saturated carbocycles. The van der Waals surface area contributed by atoms with Gasteiger partial charge in [-0.1, -0.05) is 0 Å². The summed E-state index contributed by atoms with van der Waals surface area (Å²) in [5.41, 5.74) is 0. The van der Waals surface area contributed by atoms with Crippen LogP contribution in [0.5, 0.6) is 0 Å². The van der Waals surface area contributed by atoms with Crippen LogP contribution in [-0.2, 0) is 0 Å². The Morgan fingerprint density at radius 3 is 2.69 bits per heavy atom. The zero-order valence-corrected chi connectivity index (χ0v) is 8.95. The van der Waals surface area contributed by atoms with Gasteiger partial charge in [-0.3, -0.25) is 0 Å². The lowest BCUT2D eigenvalue weighted by Crippen LogP contribution is -2.18. The maximum Gasteiger partial charge on any atom is 0.222 e. The van der Waals surface area contributed by atoms with Gasteiger partial charge in [-0.05, 0) is 29.3 Å². The quantitative estimate of drug-likeness (QED) is 0.843. The molecule has 0 amide bonds. The van der Waals surface area contributed by atoms with Crippen LogP contribution in [-0.4, -0.2) is 27.7 Å². The van der Waals surface area contributed by atoms with E-state index in [2.05, 4.69) is 31.2 Å². The molecule has 1 heterocycles. The molecule has 1 unspecified atom stereocenters. The van der Waals surface area contributed by atoms with Crippen LogP contribution in [0.15, 0.2) is 16.9 Å². The molecule has 72 valence electrons. The minimum Gasteiger partial charge on any atom is -0.396 e. The lowest BCUT2D eigenvalue weighted by molar-refractivity contribution is 0.282. The molecule has 1 aromatic rings. The van der Waals surface area contributed by atoms with Crippen molar-refractivity contribution in [1.82, 2.24) is 9.97 Å². The van der Waals surface area contributed by atoms with Crippen LogP contribution in [0.4, 0.5) is 5.95 Å². The smallest absolute Gasteiger partial charge is 0.222 e. The highest BCUT2D eigenvalue weighted by Gasteiger charge is 2.02. The number of nitrogens with one attached hydrogen (secondary N) is 1. The van der Waals surface area contributed by atoms with E-state index in [0.717, 1.165) is 4.47 Å². The summed E-state index contributed by atoms with van der Waals surface area (Å²) in [4.78, 5) is 8.10. The number of aliphatic hydroxyl groups excluding tert-OH is 1. The summed E-state index contributed by atoms with van der Waals surface area (Å²) in [6, 6.07) is 0.186. The van der Waals surface area contributed by atoms with Crippen molar-refractivity contribution in [3.63, 3.8) is 0 Å². The SMILES string of the molecule is CC(CCO)Nc1ncc(Br)cn1. The van der Waals surface area contributed by atoms with Gasteiger partial charge in [0.2, 0.25) is 5.95 Å². The minimum absolute atomic E-state index is 0.171. The molecule has 1 rings (SSSR count). The predicted molar refractivity (Wildman–Crippen MR) is 54.5 cm³/mol. The summed E-state index contributed by atoms with van der Waals surface area (Å²) in [6.45, 7) is 2.15. The zero-order valence-electron chi connectivity index (χ0n) is 7.37. The first kappa shape index (κ1) is 10.4. The molecule has 0 aliphatic rings. The Bertz CT molecular complexity index is 252. The second-order valence-electron chi connectivity index (χ2n) is 2.78. The second-order valence-corrected chi connectivity index (χ2v) is 3.70. The summed E-state index contributed by atoms with van der Waals surface area (Å²) >= 11 is 3.25. The van der Waals surface area contributed by atoms with E-state index >= 15 is 0 Å². The van der Waals surface area contributed by atoms with Crippen LogP contribution in [0.25, 0.3) is 0 Å². The number of aliphatic hydroxyl groups is 1. The molecule has 0 aromatic carbocycles. The third kappa shape index (κ3) is 3.69. The molecule has 0 aliphatic carbocycles. The number of hydrogen-bond acceptors (Lipinski definition) is 4. The molecule has 13 heavy (non-hydrogen) atoms. The van der Waals surface area contributed by atoms with Gasteiger partial charge in [0.1, 0.15) is 0 Å². The number of anilines is 1. The average molecular weight is 246 g/mol. The van der Waals surface area contributed by atoms with Crippen LogP contribution in [0.2, 0.25) is 0 Å². The summed E-state index contributed by atoms with van der Waals surface area (Å²) in [6.07, 6.45) is 4.06. The van der Waals surface area contributed by atoms with E-state index in [1.54, 1.807) is 12.4 Å². The van der Waals surface area contributed by atoms with Gasteiger partial charge in [0, 0.05) is 25.0 Å². The molecule has 4 nitrogen and oxygen atoms in total. The Morgan fingerprint density at radius 1 is 1.54 bits per heavy atom. The van der Waals surface area contributed by atoms with Crippen molar-refractivity contribution in [3.05, 3.63) is 16.9 Å². The molecule has 5 heteroatoms. The third-order valence-electron chi connectivity index (χ3n) is 1.56. The van der Waals surface area contributed by atoms with E-state index in [-0.39, 0.29) is 12.6 Å². The Kier molecular flexibility index (Phi) is 4.11. The summed E-state index contributed by atoms with van der Waals surface area (Å²) in [7, 11) is 0. The number of hydrogen-bond donors (Lipinski definition) is 2. The molecule has 1 atom stereocenters. The predicted octanol–water partition coefficient (Wildman–Crippen LogP) is 1.42. The molecular weight excluding hydrogens is 234 g/mol. The molecular formula is C8H12BrN3O. The van der Waals surface area contributed by atoms with Crippen molar-refractivity contribution >= 4 is 21.9 Å². The number of halogens is 1. The molecule has 0 spiro atoms. The Hall–Kier alpha value is -0.680. The highest BCUT2D eigenvalue weighted by molar-refractivity contribution is 9.10. The Labute approximate surface area is 85.5 Å². The van der Waals surface area contributed by atoms with Crippen LogP contribution < -0.4 is 5.32 Å². The maximum atomic E-state index is 8.67. The van der Waals surface area contributed by atoms with Gasteiger partial charge in [-0.25, -0.2) is 9.97 Å². The second kappa shape index (κ2) is 5.14. The molecule has 2 N–H and O–H groups in total. The largest absolute Gasteiger partial charge is 0.396 e. The van der Waals surface area contributed by atoms with Crippen LogP contribution in [0.3, 0.4) is 0 Å². The number of nitrogens with zero attached hydrogens (tertiary/aromatic N) is 2. The molecule has 1 aromatic heterocycles. The fourth-order valence-electron chi connectivity index (χ4n) is 0.873. The van der Waals surface area contributed by atoms with Crippen LogP contribution in [0, 0.1) is 0 Å². The van der Waals surface area contributed by atoms with Gasteiger partial charge in [-0.2, -0.15) is 0 Å². The summed E-state index contributed by atoms with van der Waals surface area (Å²) in [5.74, 6) is 0.587. The summed E-state index contributed by atoms with van der Waals surface area (Å²) in [5, 5.41) is 11.7. The molecule has 0 fully saturated rings. The monoisotopic (exact) mass is 245 g/mol. The average Bonchev–Trinajstić information content (AvgIpc) is 2.09. The van der Waals surface area contributed by atoms with E-state index in [9.17, 15) is 0 Å². The number of aromatic nitrogens is 2. The van der Waals surface area contributed by atoms with Gasteiger partial charge in [-0.15, -0.1) is 0 Å². The highest BCUT2D eigenvalue weighted by Crippen LogP contribution is 2.08. The first-order valence-corrected chi connectivity index (χ1v) is 4.86. The Balaban J connectivity index is 2.49. The molecule has 0 aliphatic heterocycles. The van der Waals surface area contributed by atoms with Crippen LogP contribution in [0.1, 0.15) is 13.3 Å². The van der Waals surface area contributed by atoms with Gasteiger partial charge >= 0.3 is 0 Å². The zero-order chi connectivity index (χ0) is 9.68. The standard InChI is InChI=1S/C8H12BrN3O/c1-6(2-3-13)12-8-10-4-7(9)5-11-8/h4-6,13H,2-3H2,1H3,(H,10,11,12). The van der Waals surface area contributed by atoms with Crippen molar-refractivity contribution in [3.8, 4) is 0 Å². The molecule has 0 radical (unpaired) electrons. The first-order chi connectivity index (χ1) is 6.22. The molecule has 0 saturated heterocycles. The van der Waals surface area contributed by atoms with Crippen molar-refractivity contribution in [2.45, 2.75) is 19.4 Å². The van der Waals surface area contributed by atoms with E-state index < -0.39 is 0 Å². The highest BCUT2D eigenvalue weighted by atomic mass is 79.9. The normalized spacial score (nSPS) is 12.5. The van der Waals surface area contributed by atoms with Crippen LogP contribution >= 0.6 is 15.9 Å². The third-order valence-corrected chi connectivity index (χ3v) is 1.97. The lowest BCUT2D eigenvalue weighted by Gasteiger charge is -2.11. The lowest BCUT2D eigenvalue weighted by atomic mass is 10.2. The van der Waals surface area contributed by atoms with Gasteiger partial charge in [0.15, 0.2) is 0 Å². The molecule has 0 bridgehead atoms. The van der Waals surface area contributed by atoms with E-state index in [1.807, 2.05) is 6.92 Å². The van der Waals surface area contributed by atoms with E-state index in [1.165, 1.54) is 0 Å².